The number of aromatic nitrogens is 5. The van der Waals surface area contributed by atoms with E-state index < -0.39 is 0 Å². The molecule has 8 heteroatoms. The first-order chi connectivity index (χ1) is 11.7. The van der Waals surface area contributed by atoms with E-state index in [9.17, 15) is 4.79 Å². The zero-order valence-corrected chi connectivity index (χ0v) is 13.3. The van der Waals surface area contributed by atoms with Gasteiger partial charge in [-0.1, -0.05) is 0 Å². The van der Waals surface area contributed by atoms with Crippen molar-refractivity contribution in [2.24, 2.45) is 7.05 Å². The van der Waals surface area contributed by atoms with E-state index in [1.165, 1.54) is 0 Å². The number of aromatic amines is 1. The fourth-order valence-corrected chi connectivity index (χ4v) is 3.06. The number of hydrogen-bond donors (Lipinski definition) is 2. The first kappa shape index (κ1) is 14.8. The van der Waals surface area contributed by atoms with Gasteiger partial charge in [0.1, 0.15) is 17.1 Å². The molecule has 124 valence electrons. The smallest absolute Gasteiger partial charge is 0.251 e. The van der Waals surface area contributed by atoms with E-state index in [4.69, 9.17) is 4.74 Å². The fraction of sp³-hybridized carbons (Fsp3) is 0.375. The molecule has 0 saturated carbocycles. The van der Waals surface area contributed by atoms with Crippen molar-refractivity contribution in [3.05, 3.63) is 42.0 Å². The Labute approximate surface area is 138 Å². The molecule has 3 heterocycles. The molecule has 2 unspecified atom stereocenters. The fourth-order valence-electron chi connectivity index (χ4n) is 3.06. The van der Waals surface area contributed by atoms with Gasteiger partial charge in [0.25, 0.3) is 5.91 Å². The van der Waals surface area contributed by atoms with Crippen LogP contribution in [-0.2, 0) is 11.8 Å². The minimum Gasteiger partial charge on any atom is -0.372 e. The molecule has 3 aromatic rings. The van der Waals surface area contributed by atoms with Gasteiger partial charge >= 0.3 is 0 Å². The molecule has 1 aliphatic heterocycles. The van der Waals surface area contributed by atoms with Gasteiger partial charge in [-0.05, 0) is 31.0 Å². The van der Waals surface area contributed by atoms with Gasteiger partial charge in [0.05, 0.1) is 18.2 Å². The summed E-state index contributed by atoms with van der Waals surface area (Å²) in [6, 6.07) is 5.36. The van der Waals surface area contributed by atoms with Crippen LogP contribution in [0.2, 0.25) is 0 Å². The molecule has 0 spiro atoms. The second-order valence-electron chi connectivity index (χ2n) is 6.01. The highest BCUT2D eigenvalue weighted by Crippen LogP contribution is 2.27. The maximum atomic E-state index is 12.5. The molecule has 1 saturated heterocycles. The number of aryl methyl sites for hydroxylation is 1. The number of carbonyl (C=O) groups is 1. The SMILES string of the molecule is Cn1cncc1C1CC(NC(=O)c2ccc3n[nH]nc3c2)CCO1. The zero-order chi connectivity index (χ0) is 16.5. The molecule has 1 fully saturated rings. The molecule has 0 radical (unpaired) electrons. The van der Waals surface area contributed by atoms with Crippen LogP contribution in [0.1, 0.15) is 35.0 Å². The highest BCUT2D eigenvalue weighted by atomic mass is 16.5. The molecule has 4 rings (SSSR count). The van der Waals surface area contributed by atoms with Gasteiger partial charge in [-0.3, -0.25) is 4.79 Å². The molecule has 0 bridgehead atoms. The molecule has 1 aliphatic rings. The third-order valence-electron chi connectivity index (χ3n) is 4.38. The van der Waals surface area contributed by atoms with Crippen LogP contribution in [-0.4, -0.2) is 43.5 Å². The summed E-state index contributed by atoms with van der Waals surface area (Å²) in [5.41, 5.74) is 3.04. The second kappa shape index (κ2) is 6.04. The summed E-state index contributed by atoms with van der Waals surface area (Å²) in [7, 11) is 1.95. The molecule has 2 aromatic heterocycles. The molecule has 0 aliphatic carbocycles. The summed E-state index contributed by atoms with van der Waals surface area (Å²) in [5.74, 6) is -0.101. The van der Waals surface area contributed by atoms with Gasteiger partial charge in [-0.15, -0.1) is 0 Å². The highest BCUT2D eigenvalue weighted by molar-refractivity contribution is 5.97. The van der Waals surface area contributed by atoms with E-state index in [0.717, 1.165) is 24.1 Å². The van der Waals surface area contributed by atoms with Gasteiger partial charge in [0.2, 0.25) is 0 Å². The van der Waals surface area contributed by atoms with Crippen LogP contribution in [0.15, 0.2) is 30.7 Å². The molecule has 24 heavy (non-hydrogen) atoms. The highest BCUT2D eigenvalue weighted by Gasteiger charge is 2.27. The summed E-state index contributed by atoms with van der Waals surface area (Å²) in [6.45, 7) is 0.614. The van der Waals surface area contributed by atoms with Crippen molar-refractivity contribution in [1.29, 1.82) is 0 Å². The Balaban J connectivity index is 1.46. The van der Waals surface area contributed by atoms with Crippen molar-refractivity contribution in [3.8, 4) is 0 Å². The van der Waals surface area contributed by atoms with Crippen molar-refractivity contribution in [2.45, 2.75) is 25.0 Å². The topological polar surface area (TPSA) is 97.7 Å². The average molecular weight is 326 g/mol. The molecular weight excluding hydrogens is 308 g/mol. The Morgan fingerprint density at radius 1 is 1.38 bits per heavy atom. The van der Waals surface area contributed by atoms with Crippen molar-refractivity contribution >= 4 is 16.9 Å². The second-order valence-corrected chi connectivity index (χ2v) is 6.01. The van der Waals surface area contributed by atoms with Gasteiger partial charge in [0.15, 0.2) is 0 Å². The monoisotopic (exact) mass is 326 g/mol. The van der Waals surface area contributed by atoms with Crippen molar-refractivity contribution in [2.75, 3.05) is 6.61 Å². The molecule has 1 amide bonds. The summed E-state index contributed by atoms with van der Waals surface area (Å²) in [4.78, 5) is 16.6. The van der Waals surface area contributed by atoms with Crippen molar-refractivity contribution < 1.29 is 9.53 Å². The number of fused-ring (bicyclic) bond motifs is 1. The van der Waals surface area contributed by atoms with Crippen molar-refractivity contribution in [1.82, 2.24) is 30.3 Å². The first-order valence-electron chi connectivity index (χ1n) is 7.90. The number of amides is 1. The number of hydrogen-bond acceptors (Lipinski definition) is 5. The van der Waals surface area contributed by atoms with Crippen LogP contribution >= 0.6 is 0 Å². The minimum atomic E-state index is -0.101. The molecule has 8 nitrogen and oxygen atoms in total. The maximum Gasteiger partial charge on any atom is 0.251 e. The lowest BCUT2D eigenvalue weighted by Gasteiger charge is -2.30. The molecule has 2 atom stereocenters. The van der Waals surface area contributed by atoms with Crippen molar-refractivity contribution in [3.63, 3.8) is 0 Å². The minimum absolute atomic E-state index is 0.0467. The lowest BCUT2D eigenvalue weighted by Crippen LogP contribution is -2.40. The standard InChI is InChI=1S/C16H18N6O2/c1-22-9-17-8-14(22)15-7-11(4-5-24-15)18-16(23)10-2-3-12-13(6-10)20-21-19-12/h2-3,6,8-9,11,15H,4-5,7H2,1H3,(H,18,23)(H,19,20,21). The number of H-pyrrole nitrogens is 1. The van der Waals surface area contributed by atoms with Gasteiger partial charge in [0, 0.05) is 25.3 Å². The predicted octanol–water partition coefficient (Wildman–Crippen LogP) is 1.34. The Hall–Kier alpha value is -2.74. The first-order valence-corrected chi connectivity index (χ1v) is 7.90. The molecule has 2 N–H and O–H groups in total. The van der Waals surface area contributed by atoms with Crippen LogP contribution in [0, 0.1) is 0 Å². The van der Waals surface area contributed by atoms with Crippen LogP contribution in [0.5, 0.6) is 0 Å². The van der Waals surface area contributed by atoms with Crippen LogP contribution < -0.4 is 5.32 Å². The lowest BCUT2D eigenvalue weighted by atomic mass is 10.0. The number of benzene rings is 1. The van der Waals surface area contributed by atoms with Crippen LogP contribution in [0.4, 0.5) is 0 Å². The lowest BCUT2D eigenvalue weighted by molar-refractivity contribution is -0.00301. The van der Waals surface area contributed by atoms with E-state index in [0.29, 0.717) is 17.7 Å². The third kappa shape index (κ3) is 2.76. The number of carbonyl (C=O) groups excluding carboxylic acids is 1. The third-order valence-corrected chi connectivity index (χ3v) is 4.38. The van der Waals surface area contributed by atoms with E-state index in [2.05, 4.69) is 25.7 Å². The maximum absolute atomic E-state index is 12.5. The Morgan fingerprint density at radius 2 is 2.25 bits per heavy atom. The van der Waals surface area contributed by atoms with Crippen LogP contribution in [0.25, 0.3) is 11.0 Å². The van der Waals surface area contributed by atoms with Gasteiger partial charge in [-0.25, -0.2) is 4.98 Å². The van der Waals surface area contributed by atoms with Gasteiger partial charge in [-0.2, -0.15) is 15.4 Å². The zero-order valence-electron chi connectivity index (χ0n) is 13.3. The summed E-state index contributed by atoms with van der Waals surface area (Å²) < 4.78 is 7.79. The Kier molecular flexibility index (Phi) is 3.73. The predicted molar refractivity (Wildman–Crippen MR) is 86.3 cm³/mol. The Morgan fingerprint density at radius 3 is 3.08 bits per heavy atom. The van der Waals surface area contributed by atoms with E-state index in [1.807, 2.05) is 17.8 Å². The summed E-state index contributed by atoms with van der Waals surface area (Å²) in [5, 5.41) is 13.7. The number of imidazole rings is 1. The van der Waals surface area contributed by atoms with E-state index in [1.54, 1.807) is 24.5 Å². The van der Waals surface area contributed by atoms with E-state index >= 15 is 0 Å². The van der Waals surface area contributed by atoms with E-state index in [-0.39, 0.29) is 18.1 Å². The summed E-state index contributed by atoms with van der Waals surface area (Å²) in [6.07, 6.45) is 5.06. The number of ether oxygens (including phenoxy) is 1. The van der Waals surface area contributed by atoms with Gasteiger partial charge < -0.3 is 14.6 Å². The summed E-state index contributed by atoms with van der Waals surface area (Å²) >= 11 is 0. The number of nitrogens with one attached hydrogen (secondary N) is 2. The largest absolute Gasteiger partial charge is 0.372 e. The normalized spacial score (nSPS) is 21.0. The molecular formula is C16H18N6O2. The molecule has 1 aromatic carbocycles. The number of nitrogens with zero attached hydrogens (tertiary/aromatic N) is 4. The number of rotatable bonds is 3. The average Bonchev–Trinajstić information content (AvgIpc) is 3.22. The van der Waals surface area contributed by atoms with Crippen LogP contribution in [0.3, 0.4) is 0 Å². The quantitative estimate of drug-likeness (QED) is 0.757. The Bertz CT molecular complexity index is 870.